The highest BCUT2D eigenvalue weighted by Gasteiger charge is 2.31. The van der Waals surface area contributed by atoms with Crippen LogP contribution in [0.1, 0.15) is 172 Å². The Morgan fingerprint density at radius 2 is 1.02 bits per heavy atom. The predicted octanol–water partition coefficient (Wildman–Crippen LogP) is 15.6. The molecule has 5 rings (SSSR count). The minimum Gasteiger partial charge on any atom is -0.206 e. The molecule has 0 N–H and O–H groups in total. The molecule has 0 amide bonds. The van der Waals surface area contributed by atoms with Gasteiger partial charge in [0.2, 0.25) is 0 Å². The minimum atomic E-state index is -0.791. The summed E-state index contributed by atoms with van der Waals surface area (Å²) in [5, 5.41) is 0. The Labute approximate surface area is 303 Å². The van der Waals surface area contributed by atoms with E-state index in [0.29, 0.717) is 29.0 Å². The molecule has 0 aliphatic heterocycles. The Kier molecular flexibility index (Phi) is 15.8. The zero-order valence-corrected chi connectivity index (χ0v) is 31.4. The van der Waals surface area contributed by atoms with Gasteiger partial charge in [0.15, 0.2) is 11.6 Å². The standard InChI is InChI=1S/C47H65F3/c1-3-5-7-9-10-11-13-15-17-41-30-33-44(47(50)46(41)49)40-28-26-39(27-29-40)43-32-31-42(34-45(43)48)38-24-22-37(23-25-38)36-20-18-35(19-21-36)16-14-12-8-6-4-2/h26-38H,3-25H2,1-2H3. The van der Waals surface area contributed by atoms with Crippen LogP contribution in [0.3, 0.4) is 0 Å². The molecule has 0 bridgehead atoms. The van der Waals surface area contributed by atoms with Crippen LogP contribution in [0.25, 0.3) is 22.3 Å². The van der Waals surface area contributed by atoms with Crippen LogP contribution in [-0.4, -0.2) is 0 Å². The first-order valence-corrected chi connectivity index (χ1v) is 20.9. The van der Waals surface area contributed by atoms with E-state index in [9.17, 15) is 0 Å². The van der Waals surface area contributed by atoms with E-state index < -0.39 is 11.6 Å². The van der Waals surface area contributed by atoms with Gasteiger partial charge in [0.25, 0.3) is 0 Å². The number of unbranched alkanes of at least 4 members (excludes halogenated alkanes) is 11. The maximum atomic E-state index is 15.5. The van der Waals surface area contributed by atoms with Gasteiger partial charge < -0.3 is 0 Å². The van der Waals surface area contributed by atoms with Gasteiger partial charge in [-0.1, -0.05) is 159 Å². The lowest BCUT2D eigenvalue weighted by Crippen LogP contribution is -2.25. The lowest BCUT2D eigenvalue weighted by molar-refractivity contribution is 0.155. The first-order valence-electron chi connectivity index (χ1n) is 20.9. The molecule has 3 aromatic rings. The van der Waals surface area contributed by atoms with Crippen molar-refractivity contribution in [3.05, 3.63) is 83.2 Å². The van der Waals surface area contributed by atoms with E-state index in [2.05, 4.69) is 19.9 Å². The number of benzene rings is 3. The number of aryl methyl sites for hydroxylation is 1. The summed E-state index contributed by atoms with van der Waals surface area (Å²) < 4.78 is 45.8. The van der Waals surface area contributed by atoms with Gasteiger partial charge in [-0.2, -0.15) is 0 Å². The number of hydrogen-bond donors (Lipinski definition) is 0. The van der Waals surface area contributed by atoms with Crippen LogP contribution in [0.15, 0.2) is 54.6 Å². The third-order valence-corrected chi connectivity index (χ3v) is 12.5. The molecule has 2 aliphatic rings. The second-order valence-electron chi connectivity index (χ2n) is 16.0. The average molecular weight is 687 g/mol. The van der Waals surface area contributed by atoms with E-state index in [1.54, 1.807) is 30.3 Å². The van der Waals surface area contributed by atoms with E-state index in [0.717, 1.165) is 61.0 Å². The highest BCUT2D eigenvalue weighted by atomic mass is 19.2. The van der Waals surface area contributed by atoms with Crippen LogP contribution < -0.4 is 0 Å². The van der Waals surface area contributed by atoms with Gasteiger partial charge >= 0.3 is 0 Å². The summed E-state index contributed by atoms with van der Waals surface area (Å²) in [6.07, 6.45) is 29.0. The largest absolute Gasteiger partial charge is 0.206 e. The van der Waals surface area contributed by atoms with Gasteiger partial charge in [-0.3, -0.25) is 0 Å². The fourth-order valence-electron chi connectivity index (χ4n) is 9.21. The summed E-state index contributed by atoms with van der Waals surface area (Å²) in [4.78, 5) is 0. The Morgan fingerprint density at radius 3 is 1.62 bits per heavy atom. The average Bonchev–Trinajstić information content (AvgIpc) is 3.15. The molecule has 0 radical (unpaired) electrons. The lowest BCUT2D eigenvalue weighted by atomic mass is 9.68. The van der Waals surface area contributed by atoms with Crippen molar-refractivity contribution in [3.63, 3.8) is 0 Å². The Hall–Kier alpha value is -2.55. The topological polar surface area (TPSA) is 0 Å². The quantitative estimate of drug-likeness (QED) is 0.110. The molecule has 2 saturated carbocycles. The number of halogens is 3. The smallest absolute Gasteiger partial charge is 0.166 e. The Bertz CT molecular complexity index is 1410. The van der Waals surface area contributed by atoms with Gasteiger partial charge in [-0.05, 0) is 103 Å². The second-order valence-corrected chi connectivity index (χ2v) is 16.0. The third-order valence-electron chi connectivity index (χ3n) is 12.5. The maximum absolute atomic E-state index is 15.5. The summed E-state index contributed by atoms with van der Waals surface area (Å²) in [6.45, 7) is 4.51. The van der Waals surface area contributed by atoms with Crippen LogP contribution in [0.4, 0.5) is 13.2 Å². The summed E-state index contributed by atoms with van der Waals surface area (Å²) in [6, 6.07) is 16.4. The van der Waals surface area contributed by atoms with Crippen LogP contribution in [0.2, 0.25) is 0 Å². The van der Waals surface area contributed by atoms with Crippen molar-refractivity contribution >= 4 is 0 Å². The third kappa shape index (κ3) is 11.0. The maximum Gasteiger partial charge on any atom is 0.166 e. The van der Waals surface area contributed by atoms with Gasteiger partial charge in [0.1, 0.15) is 5.82 Å². The zero-order valence-electron chi connectivity index (χ0n) is 31.4. The molecule has 0 spiro atoms. The van der Waals surface area contributed by atoms with Crippen LogP contribution in [0.5, 0.6) is 0 Å². The molecule has 274 valence electrons. The van der Waals surface area contributed by atoms with Gasteiger partial charge in [0.05, 0.1) is 0 Å². The predicted molar refractivity (Wildman–Crippen MR) is 207 cm³/mol. The van der Waals surface area contributed by atoms with Crippen LogP contribution in [0, 0.1) is 35.2 Å². The Balaban J connectivity index is 1.08. The molecule has 0 nitrogen and oxygen atoms in total. The monoisotopic (exact) mass is 687 g/mol. The van der Waals surface area contributed by atoms with E-state index in [-0.39, 0.29) is 11.4 Å². The molecule has 3 heteroatoms. The molecule has 3 aromatic carbocycles. The fourth-order valence-corrected chi connectivity index (χ4v) is 9.21. The molecular weight excluding hydrogens is 622 g/mol. The molecule has 2 aliphatic carbocycles. The van der Waals surface area contributed by atoms with Crippen LogP contribution in [-0.2, 0) is 6.42 Å². The number of hydrogen-bond acceptors (Lipinski definition) is 0. The molecule has 0 atom stereocenters. The van der Waals surface area contributed by atoms with Crippen molar-refractivity contribution < 1.29 is 13.2 Å². The van der Waals surface area contributed by atoms with Crippen LogP contribution >= 0.6 is 0 Å². The highest BCUT2D eigenvalue weighted by molar-refractivity contribution is 5.71. The summed E-state index contributed by atoms with van der Waals surface area (Å²) in [5.74, 6) is 1.43. The van der Waals surface area contributed by atoms with Crippen molar-refractivity contribution in [3.8, 4) is 22.3 Å². The molecule has 0 heterocycles. The fraction of sp³-hybridized carbons (Fsp3) is 0.617. The van der Waals surface area contributed by atoms with Gasteiger partial charge in [-0.15, -0.1) is 0 Å². The lowest BCUT2D eigenvalue weighted by Gasteiger charge is -2.38. The summed E-state index contributed by atoms with van der Waals surface area (Å²) in [5.41, 5.74) is 3.75. The summed E-state index contributed by atoms with van der Waals surface area (Å²) >= 11 is 0. The van der Waals surface area contributed by atoms with Crippen molar-refractivity contribution in [1.82, 2.24) is 0 Å². The second kappa shape index (κ2) is 20.5. The molecule has 50 heavy (non-hydrogen) atoms. The van der Waals surface area contributed by atoms with E-state index in [4.69, 9.17) is 0 Å². The normalized spacial score (nSPS) is 21.1. The first kappa shape index (κ1) is 38.7. The highest BCUT2D eigenvalue weighted by Crippen LogP contribution is 2.45. The minimum absolute atomic E-state index is 0.201. The Morgan fingerprint density at radius 1 is 0.500 bits per heavy atom. The molecule has 0 aromatic heterocycles. The van der Waals surface area contributed by atoms with Crippen molar-refractivity contribution in [1.29, 1.82) is 0 Å². The van der Waals surface area contributed by atoms with Crippen molar-refractivity contribution in [2.24, 2.45) is 17.8 Å². The van der Waals surface area contributed by atoms with Gasteiger partial charge in [0, 0.05) is 11.1 Å². The molecular formula is C47H65F3. The van der Waals surface area contributed by atoms with Crippen molar-refractivity contribution in [2.75, 3.05) is 0 Å². The van der Waals surface area contributed by atoms with E-state index in [1.807, 2.05) is 18.2 Å². The van der Waals surface area contributed by atoms with Gasteiger partial charge in [-0.25, -0.2) is 13.2 Å². The van der Waals surface area contributed by atoms with E-state index in [1.165, 1.54) is 109 Å². The first-order chi connectivity index (χ1) is 24.5. The SMILES string of the molecule is CCCCCCCCCCc1ccc(-c2ccc(-c3ccc(C4CCC(C5CCC(CCCCCCC)CC5)CC4)cc3F)cc2)c(F)c1F. The summed E-state index contributed by atoms with van der Waals surface area (Å²) in [7, 11) is 0. The molecule has 0 saturated heterocycles. The zero-order chi connectivity index (χ0) is 35.1. The molecule has 0 unspecified atom stereocenters. The van der Waals surface area contributed by atoms with E-state index >= 15 is 13.2 Å². The number of rotatable bonds is 19. The molecule has 2 fully saturated rings. The van der Waals surface area contributed by atoms with Crippen molar-refractivity contribution in [2.45, 2.75) is 167 Å².